The van der Waals surface area contributed by atoms with Gasteiger partial charge in [-0.25, -0.2) is 0 Å². The van der Waals surface area contributed by atoms with Crippen LogP contribution in [-0.2, 0) is 4.74 Å². The van der Waals surface area contributed by atoms with Crippen molar-refractivity contribution < 1.29 is 4.74 Å². The quantitative estimate of drug-likeness (QED) is 0.704. The predicted molar refractivity (Wildman–Crippen MR) is 66.2 cm³/mol. The van der Waals surface area contributed by atoms with Gasteiger partial charge in [-0.2, -0.15) is 0 Å². The molecule has 1 nitrogen and oxygen atoms in total. The molecule has 0 saturated heterocycles. The van der Waals surface area contributed by atoms with Crippen LogP contribution in [-0.4, -0.2) is 12.2 Å². The Kier molecular flexibility index (Phi) is 2.78. The Balaban J connectivity index is 1.67. The summed E-state index contributed by atoms with van der Waals surface area (Å²) in [6, 6.07) is 0. The highest BCUT2D eigenvalue weighted by atomic mass is 16.5. The molecule has 0 N–H and O–H groups in total. The van der Waals surface area contributed by atoms with E-state index in [0.29, 0.717) is 18.1 Å². The molecule has 0 radical (unpaired) electrons. The third-order valence-corrected chi connectivity index (χ3v) is 5.45. The van der Waals surface area contributed by atoms with E-state index in [1.165, 1.54) is 25.7 Å². The van der Waals surface area contributed by atoms with Crippen molar-refractivity contribution in [1.82, 2.24) is 0 Å². The maximum absolute atomic E-state index is 6.39. The van der Waals surface area contributed by atoms with Crippen LogP contribution in [0.3, 0.4) is 0 Å². The number of hydrogen-bond acceptors (Lipinski definition) is 1. The number of hydrogen-bond donors (Lipinski definition) is 0. The fourth-order valence-electron chi connectivity index (χ4n) is 4.50. The summed E-state index contributed by atoms with van der Waals surface area (Å²) in [5.41, 5.74) is 0. The van der Waals surface area contributed by atoms with Gasteiger partial charge in [-0.1, -0.05) is 13.8 Å². The molecule has 1 unspecified atom stereocenters. The summed E-state index contributed by atoms with van der Waals surface area (Å²) < 4.78 is 6.39. The van der Waals surface area contributed by atoms with Crippen molar-refractivity contribution in [3.8, 4) is 0 Å². The topological polar surface area (TPSA) is 9.23 Å². The molecule has 4 rings (SSSR count). The molecular formula is C15H26O. The van der Waals surface area contributed by atoms with Gasteiger partial charge in [0.05, 0.1) is 12.2 Å². The second kappa shape index (κ2) is 4.01. The highest BCUT2D eigenvalue weighted by molar-refractivity contribution is 4.99. The Morgan fingerprint density at radius 2 is 1.31 bits per heavy atom. The Labute approximate surface area is 99.9 Å². The fourth-order valence-corrected chi connectivity index (χ4v) is 4.50. The number of rotatable bonds is 3. The molecule has 0 aromatic carbocycles. The second-order valence-electron chi connectivity index (χ2n) is 6.98. The summed E-state index contributed by atoms with van der Waals surface area (Å²) in [5.74, 6) is 4.63. The molecule has 0 aliphatic heterocycles. The minimum Gasteiger partial charge on any atom is -0.374 e. The van der Waals surface area contributed by atoms with Crippen LogP contribution >= 0.6 is 0 Å². The second-order valence-corrected chi connectivity index (χ2v) is 6.98. The van der Waals surface area contributed by atoms with Crippen molar-refractivity contribution in [3.63, 3.8) is 0 Å². The largest absolute Gasteiger partial charge is 0.374 e. The van der Waals surface area contributed by atoms with Crippen molar-refractivity contribution >= 4 is 0 Å². The van der Waals surface area contributed by atoms with E-state index in [1.807, 2.05) is 0 Å². The van der Waals surface area contributed by atoms with Crippen molar-refractivity contribution in [2.24, 2.45) is 29.6 Å². The molecule has 1 heteroatoms. The summed E-state index contributed by atoms with van der Waals surface area (Å²) in [7, 11) is 0. The summed E-state index contributed by atoms with van der Waals surface area (Å²) in [6.07, 6.45) is 8.50. The average molecular weight is 222 g/mol. The van der Waals surface area contributed by atoms with Crippen molar-refractivity contribution in [3.05, 3.63) is 0 Å². The Hall–Kier alpha value is -0.0400. The molecule has 4 aliphatic carbocycles. The molecule has 0 spiro atoms. The molecule has 4 aliphatic rings. The van der Waals surface area contributed by atoms with Gasteiger partial charge in [0.15, 0.2) is 0 Å². The highest BCUT2D eigenvalue weighted by Gasteiger charge is 2.49. The van der Waals surface area contributed by atoms with Gasteiger partial charge in [0, 0.05) is 0 Å². The monoisotopic (exact) mass is 222 g/mol. The van der Waals surface area contributed by atoms with Crippen LogP contribution in [0.1, 0.15) is 52.9 Å². The minimum absolute atomic E-state index is 0.447. The standard InChI is InChI=1S/C15H26O/c1-9(2)10(3)16-15-13-5-11-4-12(7-13)8-14(15)6-11/h9-15H,4-8H2,1-3H3. The van der Waals surface area contributed by atoms with Gasteiger partial charge in [0.25, 0.3) is 0 Å². The van der Waals surface area contributed by atoms with Gasteiger partial charge in [0.1, 0.15) is 0 Å². The van der Waals surface area contributed by atoms with Crippen molar-refractivity contribution in [2.75, 3.05) is 0 Å². The van der Waals surface area contributed by atoms with Crippen LogP contribution < -0.4 is 0 Å². The van der Waals surface area contributed by atoms with Crippen LogP contribution in [0.2, 0.25) is 0 Å². The van der Waals surface area contributed by atoms with Gasteiger partial charge in [-0.15, -0.1) is 0 Å². The normalized spacial score (nSPS) is 47.6. The molecule has 16 heavy (non-hydrogen) atoms. The first-order chi connectivity index (χ1) is 7.63. The molecule has 0 amide bonds. The molecule has 92 valence electrons. The number of ether oxygens (including phenoxy) is 1. The van der Waals surface area contributed by atoms with E-state index in [-0.39, 0.29) is 0 Å². The third kappa shape index (κ3) is 1.81. The van der Waals surface area contributed by atoms with Gasteiger partial charge in [-0.05, 0) is 68.6 Å². The van der Waals surface area contributed by atoms with Crippen molar-refractivity contribution in [1.29, 1.82) is 0 Å². The summed E-state index contributed by atoms with van der Waals surface area (Å²) >= 11 is 0. The Bertz CT molecular complexity index is 230. The van der Waals surface area contributed by atoms with Crippen LogP contribution in [0, 0.1) is 29.6 Å². The van der Waals surface area contributed by atoms with E-state index in [4.69, 9.17) is 4.74 Å². The predicted octanol–water partition coefficient (Wildman–Crippen LogP) is 3.87. The summed E-state index contributed by atoms with van der Waals surface area (Å²) in [5, 5.41) is 0. The first-order valence-electron chi connectivity index (χ1n) is 7.29. The molecule has 4 fully saturated rings. The lowest BCUT2D eigenvalue weighted by Gasteiger charge is -2.54. The zero-order valence-electron chi connectivity index (χ0n) is 11.0. The van der Waals surface area contributed by atoms with Crippen molar-refractivity contribution in [2.45, 2.75) is 65.1 Å². The van der Waals surface area contributed by atoms with Gasteiger partial charge in [-0.3, -0.25) is 0 Å². The fraction of sp³-hybridized carbons (Fsp3) is 1.00. The Morgan fingerprint density at radius 1 is 0.812 bits per heavy atom. The van der Waals surface area contributed by atoms with Crippen LogP contribution in [0.25, 0.3) is 0 Å². The van der Waals surface area contributed by atoms with Gasteiger partial charge in [0.2, 0.25) is 0 Å². The smallest absolute Gasteiger partial charge is 0.0635 e. The maximum atomic E-state index is 6.39. The Morgan fingerprint density at radius 3 is 1.75 bits per heavy atom. The van der Waals surface area contributed by atoms with E-state index < -0.39 is 0 Å². The zero-order chi connectivity index (χ0) is 11.3. The maximum Gasteiger partial charge on any atom is 0.0635 e. The first kappa shape index (κ1) is 11.1. The minimum atomic E-state index is 0.447. The van der Waals surface area contributed by atoms with Crippen LogP contribution in [0.15, 0.2) is 0 Å². The summed E-state index contributed by atoms with van der Waals surface area (Å²) in [6.45, 7) is 6.82. The van der Waals surface area contributed by atoms with Crippen LogP contribution in [0.5, 0.6) is 0 Å². The molecule has 0 aromatic rings. The molecule has 4 bridgehead atoms. The summed E-state index contributed by atoms with van der Waals surface area (Å²) in [4.78, 5) is 0. The molecule has 0 aromatic heterocycles. The molecule has 4 saturated carbocycles. The average Bonchev–Trinajstić information content (AvgIpc) is 2.21. The lowest BCUT2D eigenvalue weighted by atomic mass is 9.55. The van der Waals surface area contributed by atoms with Gasteiger partial charge < -0.3 is 4.74 Å². The van der Waals surface area contributed by atoms with E-state index >= 15 is 0 Å². The lowest BCUT2D eigenvalue weighted by molar-refractivity contribution is -0.155. The molecule has 0 heterocycles. The SMILES string of the molecule is CC(C)C(C)OC1C2CC3CC(C2)CC1C3. The molecule has 1 atom stereocenters. The van der Waals surface area contributed by atoms with E-state index in [0.717, 1.165) is 23.7 Å². The van der Waals surface area contributed by atoms with Gasteiger partial charge >= 0.3 is 0 Å². The lowest BCUT2D eigenvalue weighted by Crippen LogP contribution is -2.50. The molecular weight excluding hydrogens is 196 g/mol. The first-order valence-corrected chi connectivity index (χ1v) is 7.29. The van der Waals surface area contributed by atoms with E-state index in [9.17, 15) is 0 Å². The van der Waals surface area contributed by atoms with E-state index in [2.05, 4.69) is 20.8 Å². The highest BCUT2D eigenvalue weighted by Crippen LogP contribution is 2.54. The van der Waals surface area contributed by atoms with Crippen LogP contribution in [0.4, 0.5) is 0 Å². The van der Waals surface area contributed by atoms with E-state index in [1.54, 1.807) is 6.42 Å². The zero-order valence-corrected chi connectivity index (χ0v) is 11.0. The third-order valence-electron chi connectivity index (χ3n) is 5.45.